The Kier molecular flexibility index (Phi) is 34.6. The van der Waals surface area contributed by atoms with Gasteiger partial charge in [0.1, 0.15) is 77.6 Å². The van der Waals surface area contributed by atoms with Crippen molar-refractivity contribution in [2.75, 3.05) is 247 Å². The molecule has 10 aromatic carbocycles. The van der Waals surface area contributed by atoms with Crippen LogP contribution in [0.1, 0.15) is 47.2 Å². The van der Waals surface area contributed by atoms with Gasteiger partial charge in [-0.05, 0) is 253 Å². The van der Waals surface area contributed by atoms with Crippen molar-refractivity contribution >= 4 is 179 Å². The average Bonchev–Trinajstić information content (AvgIpc) is 1.49. The summed E-state index contributed by atoms with van der Waals surface area (Å²) in [6, 6.07) is 72.3. The third kappa shape index (κ3) is 27.1. The lowest BCUT2D eigenvalue weighted by Gasteiger charge is -2.35. The predicted molar refractivity (Wildman–Crippen MR) is 604 cm³/mol. The molecule has 0 bridgehead atoms. The Morgan fingerprint density at radius 2 is 0.713 bits per heavy atom. The average molecular weight is 2060 g/mol. The molecule has 8 amide bonds. The van der Waals surface area contributed by atoms with Crippen LogP contribution in [0.5, 0.6) is 17.2 Å². The highest BCUT2D eigenvalue weighted by Gasteiger charge is 2.30. The molecule has 0 atom stereocenters. The highest BCUT2D eigenvalue weighted by molar-refractivity contribution is 6.34. The van der Waals surface area contributed by atoms with Crippen molar-refractivity contribution in [2.24, 2.45) is 0 Å². The van der Waals surface area contributed by atoms with Crippen molar-refractivity contribution in [2.45, 2.75) is 54.9 Å². The summed E-state index contributed by atoms with van der Waals surface area (Å²) in [4.78, 5) is 113. The van der Waals surface area contributed by atoms with E-state index in [-0.39, 0.29) is 24.9 Å². The molecule has 10 N–H and O–H groups in total. The van der Waals surface area contributed by atoms with Crippen molar-refractivity contribution in [3.63, 3.8) is 0 Å². The largest absolute Gasteiger partial charge is 0.493 e. The van der Waals surface area contributed by atoms with Gasteiger partial charge in [-0.25, -0.2) is 68.8 Å². The molecule has 0 spiro atoms. The van der Waals surface area contributed by atoms with Gasteiger partial charge in [-0.3, -0.25) is 9.80 Å². The number of fused-ring (bicyclic) bond motifs is 2. The van der Waals surface area contributed by atoms with E-state index < -0.39 is 6.03 Å². The summed E-state index contributed by atoms with van der Waals surface area (Å²) in [5.74, 6) is 6.22. The lowest BCUT2D eigenvalue weighted by molar-refractivity contribution is 0.174. The van der Waals surface area contributed by atoms with Crippen LogP contribution in [-0.2, 0) is 6.42 Å². The first-order valence-corrected chi connectivity index (χ1v) is 51.0. The molecule has 10 heterocycles. The maximum atomic E-state index is 14.0. The summed E-state index contributed by atoms with van der Waals surface area (Å²) in [5, 5.41) is 26.0. The molecule has 0 saturated carbocycles. The van der Waals surface area contributed by atoms with Gasteiger partial charge in [0, 0.05) is 218 Å². The van der Waals surface area contributed by atoms with Gasteiger partial charge in [0.15, 0.2) is 11.5 Å². The number of ether oxygens (including phenoxy) is 3. The minimum atomic E-state index is -0.399. The number of aromatic nitrogens is 8. The molecule has 776 valence electrons. The molecule has 14 aromatic rings. The van der Waals surface area contributed by atoms with Crippen LogP contribution in [-0.4, -0.2) is 243 Å². The molecule has 6 aliphatic rings. The van der Waals surface area contributed by atoms with E-state index in [9.17, 15) is 19.2 Å². The van der Waals surface area contributed by atoms with E-state index in [1.807, 2.05) is 150 Å². The van der Waals surface area contributed by atoms with Gasteiger partial charge in [0.2, 0.25) is 6.79 Å². The van der Waals surface area contributed by atoms with Gasteiger partial charge in [0.25, 0.3) is 0 Å². The molecule has 36 nitrogen and oxygen atoms in total. The summed E-state index contributed by atoms with van der Waals surface area (Å²) in [5.41, 5.74) is 24.6. The van der Waals surface area contributed by atoms with Crippen LogP contribution >= 0.6 is 23.2 Å². The molecule has 4 saturated heterocycles. The lowest BCUT2D eigenvalue weighted by Crippen LogP contribution is -2.46. The molecular formula is C112H127Cl2N29O7. The monoisotopic (exact) mass is 2060 g/mol. The smallest absolute Gasteiger partial charge is 0.332 e. The summed E-state index contributed by atoms with van der Waals surface area (Å²) in [6.07, 6.45) is 6.66. The first-order valence-electron chi connectivity index (χ1n) is 50.2. The number of nitrogen functional groups attached to an aromatic ring is 1. The number of benzene rings is 10. The van der Waals surface area contributed by atoms with E-state index in [0.29, 0.717) is 103 Å². The Labute approximate surface area is 885 Å². The number of carbonyl (C=O) groups excluding carboxylic acids is 4. The van der Waals surface area contributed by atoms with Gasteiger partial charge in [-0.15, -0.1) is 0 Å². The maximum absolute atomic E-state index is 14.0. The van der Waals surface area contributed by atoms with Crippen LogP contribution in [0.15, 0.2) is 256 Å². The Hall–Kier alpha value is -16.4. The number of piperazine rings is 4. The molecule has 38 heteroatoms. The molecule has 0 aliphatic carbocycles. The van der Waals surface area contributed by atoms with Crippen LogP contribution in [0.3, 0.4) is 0 Å². The van der Waals surface area contributed by atoms with Crippen LogP contribution in [0.25, 0.3) is 0 Å². The molecule has 150 heavy (non-hydrogen) atoms. The standard InChI is InChI=1S/C33H37N7O2.C32H35N7O3.C24H28ClN7O.C23H27ClN8O/c1-4-38-15-17-39(18-16-38)27-9-11-28(12-10-27)40(33(41)37-32-23(2)6-5-7-24(32)3)31-21-30(34-22-35-31)36-26-8-13-29-25(20-26)14-19-42-29;1-4-37-14-16-38(17-15-37)25-10-8-24(9-11-25)35-29-19-30(34-20-33-29)39(26-12-13-27-28(18-26)42-21-41-27)32(40)36-31-22(2)6-5-7-23(31)3;1-17-4-9-20(25)21(14-17)29-24(33)31(3)23-15-22(26-16-27-23)28-18-5-7-19(8-6-18)32-12-10-30(2)11-13-32;1-30-9-11-32(12-10-30)18-6-4-17(5-7-18)28-21-14-22(27-15-26-21)31(2)23(33)29-20-13-16(25)3-8-19(20)24/h5-13,20-22H,4,14-19H2,1-3H3,(H,37,41)(H,34,35,36);5-13,18-20H,4,14-17,21H2,1-3H3,(H,36,40)(H,33,34,35);4-9,14-16H,10-13H2,1-3H3,(H,29,33)(H,26,27,28);3-8,13-15H,9-12,25H2,1-2H3,(H,29,33)(H,26,27,28). The Balaban J connectivity index is 0.000000137. The SMILES string of the molecule is CCN1CCN(c2ccc(N(C(=O)Nc3c(C)cccc3C)c3cc(Nc4ccc5c(c4)CCO5)ncn3)cc2)CC1.CCN1CCN(c2ccc(Nc3cc(N(C(=O)Nc4c(C)cccc4C)c4ccc5c(c4)OCO5)ncn3)cc2)CC1.CN1CCN(c2ccc(Nc3cc(N(C)C(=O)Nc4cc(N)ccc4Cl)ncn3)cc2)CC1.Cc1ccc(Cl)c(NC(=O)N(C)c2cc(Nc3ccc(N4CCN(C)CC4)cc3)ncn2)c1. The van der Waals surface area contributed by atoms with Crippen molar-refractivity contribution < 1.29 is 33.4 Å². The van der Waals surface area contributed by atoms with Gasteiger partial charge in [-0.1, -0.05) is 79.5 Å². The number of aryl methyl sites for hydroxylation is 5. The fourth-order valence-corrected chi connectivity index (χ4v) is 18.4. The second-order valence-corrected chi connectivity index (χ2v) is 38.2. The third-order valence-electron chi connectivity index (χ3n) is 27.0. The molecular weight excluding hydrogens is 1930 g/mol. The first kappa shape index (κ1) is 105. The number of urea groups is 4. The highest BCUT2D eigenvalue weighted by Crippen LogP contribution is 2.41. The molecule has 0 radical (unpaired) electrons. The Morgan fingerprint density at radius 1 is 0.353 bits per heavy atom. The summed E-state index contributed by atoms with van der Waals surface area (Å²) >= 11 is 12.3. The van der Waals surface area contributed by atoms with Crippen molar-refractivity contribution in [1.29, 1.82) is 0 Å². The van der Waals surface area contributed by atoms with E-state index in [4.69, 9.17) is 43.1 Å². The van der Waals surface area contributed by atoms with Crippen LogP contribution in [0.4, 0.5) is 151 Å². The summed E-state index contributed by atoms with van der Waals surface area (Å²) in [6.45, 7) is 34.0. The maximum Gasteiger partial charge on any atom is 0.332 e. The number of carbonyl (C=O) groups is 4. The van der Waals surface area contributed by atoms with Gasteiger partial charge in [-0.2, -0.15) is 0 Å². The Bertz CT molecular complexity index is 6800. The van der Waals surface area contributed by atoms with Gasteiger partial charge in [0.05, 0.1) is 39.4 Å². The topological polar surface area (TPSA) is 360 Å². The molecule has 20 rings (SSSR count). The molecule has 0 unspecified atom stereocenters. The van der Waals surface area contributed by atoms with Gasteiger partial charge < -0.3 is 102 Å². The van der Waals surface area contributed by atoms with Crippen molar-refractivity contribution in [3.05, 3.63) is 299 Å². The summed E-state index contributed by atoms with van der Waals surface area (Å²) < 4.78 is 16.7. The van der Waals surface area contributed by atoms with E-state index >= 15 is 0 Å². The zero-order valence-corrected chi connectivity index (χ0v) is 87.7. The number of rotatable bonds is 24. The second kappa shape index (κ2) is 49.4. The van der Waals surface area contributed by atoms with E-state index in [1.54, 1.807) is 79.7 Å². The molecule has 4 fully saturated rings. The third-order valence-corrected chi connectivity index (χ3v) is 27.7. The number of amides is 8. The zero-order chi connectivity index (χ0) is 105. The van der Waals surface area contributed by atoms with Crippen molar-refractivity contribution in [1.82, 2.24) is 59.5 Å². The van der Waals surface area contributed by atoms with Crippen LogP contribution in [0.2, 0.25) is 10.0 Å². The first-order chi connectivity index (χ1) is 72.7. The number of hydrogen-bond donors (Lipinski definition) is 9. The van der Waals surface area contributed by atoms with Gasteiger partial charge >= 0.3 is 24.1 Å². The van der Waals surface area contributed by atoms with Crippen LogP contribution < -0.4 is 102 Å². The fraction of sp³-hybridized carbons (Fsp3) is 0.286. The number of nitrogens with one attached hydrogen (secondary N) is 8. The lowest BCUT2D eigenvalue weighted by atomic mass is 10.1. The Morgan fingerprint density at radius 3 is 1.15 bits per heavy atom. The van der Waals surface area contributed by atoms with Crippen LogP contribution in [0, 0.1) is 34.6 Å². The number of likely N-dealkylation sites (N-methyl/N-ethyl adjacent to an activating group) is 4. The number of hydrogen-bond acceptors (Lipinski definition) is 28. The zero-order valence-electron chi connectivity index (χ0n) is 86.2. The van der Waals surface area contributed by atoms with E-state index in [1.165, 1.54) is 62.6 Å². The quantitative estimate of drug-likeness (QED) is 0.0254. The normalized spacial score (nSPS) is 14.4. The molecule has 6 aliphatic heterocycles. The number of para-hydroxylation sites is 2. The fourth-order valence-electron chi connectivity index (χ4n) is 18.0. The van der Waals surface area contributed by atoms with E-state index in [2.05, 4.69) is 204 Å². The number of nitrogens with zero attached hydrogens (tertiary/aromatic N) is 20. The minimum absolute atomic E-state index is 0.142. The highest BCUT2D eigenvalue weighted by atomic mass is 35.5. The number of halogens is 2. The second-order valence-electron chi connectivity index (χ2n) is 37.4. The van der Waals surface area contributed by atoms with Crippen molar-refractivity contribution in [3.8, 4) is 17.2 Å². The predicted octanol–water partition coefficient (Wildman–Crippen LogP) is 20.8. The number of anilines is 23. The molecule has 4 aromatic heterocycles. The minimum Gasteiger partial charge on any atom is -0.493 e. The number of nitrogens with two attached hydrogens (primary N) is 1. The van der Waals surface area contributed by atoms with E-state index in [0.717, 1.165) is 198 Å². The summed E-state index contributed by atoms with van der Waals surface area (Å²) in [7, 11) is 7.57.